The van der Waals surface area contributed by atoms with Gasteiger partial charge in [-0.15, -0.1) is 10.2 Å². The van der Waals surface area contributed by atoms with Gasteiger partial charge in [0.15, 0.2) is 0 Å². The van der Waals surface area contributed by atoms with Gasteiger partial charge < -0.3 is 8.98 Å². The van der Waals surface area contributed by atoms with Gasteiger partial charge in [0.2, 0.25) is 11.8 Å². The second-order valence-corrected chi connectivity index (χ2v) is 4.18. The molecule has 0 atom stereocenters. The highest BCUT2D eigenvalue weighted by atomic mass is 16.4. The summed E-state index contributed by atoms with van der Waals surface area (Å²) in [7, 11) is 0. The predicted molar refractivity (Wildman–Crippen MR) is 67.2 cm³/mol. The zero-order valence-corrected chi connectivity index (χ0v) is 10.4. The molecule has 0 fully saturated rings. The second-order valence-electron chi connectivity index (χ2n) is 4.18. The number of rotatable bonds is 3. The molecule has 0 saturated heterocycles. The third-order valence-corrected chi connectivity index (χ3v) is 2.95. The van der Waals surface area contributed by atoms with E-state index in [1.165, 1.54) is 0 Å². The fourth-order valence-electron chi connectivity index (χ4n) is 2.03. The summed E-state index contributed by atoms with van der Waals surface area (Å²) < 4.78 is 7.62. The molecule has 92 valence electrons. The molecule has 3 aromatic rings. The molecule has 0 N–H and O–H groups in total. The van der Waals surface area contributed by atoms with Crippen molar-refractivity contribution in [2.24, 2.45) is 0 Å². The van der Waals surface area contributed by atoms with E-state index in [1.54, 1.807) is 0 Å². The number of aryl methyl sites for hydroxylation is 2. The summed E-state index contributed by atoms with van der Waals surface area (Å²) in [6, 6.07) is 8.04. The Morgan fingerprint density at radius 1 is 1.17 bits per heavy atom. The van der Waals surface area contributed by atoms with Crippen LogP contribution in [0.25, 0.3) is 11.0 Å². The normalized spacial score (nSPS) is 11.2. The topological polar surface area (TPSA) is 56.7 Å². The largest absolute Gasteiger partial charge is 0.423 e. The Balaban J connectivity index is 2.01. The number of hydrogen-bond donors (Lipinski definition) is 0. The van der Waals surface area contributed by atoms with Gasteiger partial charge in [0.25, 0.3) is 0 Å². The van der Waals surface area contributed by atoms with Gasteiger partial charge in [0.1, 0.15) is 12.4 Å². The monoisotopic (exact) mass is 242 g/mol. The van der Waals surface area contributed by atoms with Crippen molar-refractivity contribution in [1.29, 1.82) is 0 Å². The molecule has 2 aromatic heterocycles. The van der Waals surface area contributed by atoms with E-state index in [0.29, 0.717) is 18.3 Å². The van der Waals surface area contributed by atoms with Crippen molar-refractivity contribution in [1.82, 2.24) is 19.7 Å². The van der Waals surface area contributed by atoms with E-state index in [1.807, 2.05) is 38.1 Å². The molecule has 0 saturated carbocycles. The van der Waals surface area contributed by atoms with Crippen molar-refractivity contribution >= 4 is 11.0 Å². The molecule has 0 amide bonds. The van der Waals surface area contributed by atoms with E-state index >= 15 is 0 Å². The lowest BCUT2D eigenvalue weighted by Gasteiger charge is -2.02. The molecule has 1 aromatic carbocycles. The van der Waals surface area contributed by atoms with E-state index in [-0.39, 0.29) is 0 Å². The summed E-state index contributed by atoms with van der Waals surface area (Å²) >= 11 is 0. The summed E-state index contributed by atoms with van der Waals surface area (Å²) in [5, 5.41) is 8.02. The Kier molecular flexibility index (Phi) is 2.59. The van der Waals surface area contributed by atoms with Gasteiger partial charge in [0.05, 0.1) is 11.0 Å². The molecule has 5 nitrogen and oxygen atoms in total. The minimum atomic E-state index is 0.569. The van der Waals surface area contributed by atoms with Gasteiger partial charge >= 0.3 is 0 Å². The average molecular weight is 242 g/mol. The quantitative estimate of drug-likeness (QED) is 0.707. The zero-order valence-electron chi connectivity index (χ0n) is 10.4. The minimum Gasteiger partial charge on any atom is -0.423 e. The Labute approximate surface area is 104 Å². The van der Waals surface area contributed by atoms with Crippen molar-refractivity contribution in [3.8, 4) is 0 Å². The number of para-hydroxylation sites is 2. The second kappa shape index (κ2) is 4.25. The molecule has 3 rings (SSSR count). The molecule has 2 heterocycles. The number of fused-ring (bicyclic) bond motifs is 1. The fourth-order valence-corrected chi connectivity index (χ4v) is 2.03. The Hall–Kier alpha value is -2.17. The first-order valence-electron chi connectivity index (χ1n) is 6.01. The van der Waals surface area contributed by atoms with E-state index in [4.69, 9.17) is 4.42 Å². The SMILES string of the molecule is CCc1nnc(Cn2c(C)nc3ccccc32)o1. The molecule has 0 aliphatic carbocycles. The minimum absolute atomic E-state index is 0.569. The van der Waals surface area contributed by atoms with Gasteiger partial charge in [-0.2, -0.15) is 0 Å². The summed E-state index contributed by atoms with van der Waals surface area (Å²) in [6.07, 6.45) is 0.761. The van der Waals surface area contributed by atoms with Crippen LogP contribution < -0.4 is 0 Å². The van der Waals surface area contributed by atoms with Crippen molar-refractivity contribution in [2.45, 2.75) is 26.8 Å². The molecule has 0 aliphatic rings. The van der Waals surface area contributed by atoms with E-state index < -0.39 is 0 Å². The zero-order chi connectivity index (χ0) is 12.5. The van der Waals surface area contributed by atoms with Gasteiger partial charge in [0, 0.05) is 6.42 Å². The van der Waals surface area contributed by atoms with Crippen molar-refractivity contribution in [3.05, 3.63) is 41.9 Å². The van der Waals surface area contributed by atoms with Crippen LogP contribution in [0.5, 0.6) is 0 Å². The van der Waals surface area contributed by atoms with Crippen LogP contribution in [0, 0.1) is 6.92 Å². The van der Waals surface area contributed by atoms with Crippen molar-refractivity contribution in [2.75, 3.05) is 0 Å². The van der Waals surface area contributed by atoms with E-state index in [0.717, 1.165) is 23.3 Å². The maximum absolute atomic E-state index is 5.54. The third kappa shape index (κ3) is 1.77. The molecule has 0 unspecified atom stereocenters. The fraction of sp³-hybridized carbons (Fsp3) is 0.308. The first kappa shape index (κ1) is 11.0. The van der Waals surface area contributed by atoms with Crippen LogP contribution in [0.15, 0.2) is 28.7 Å². The van der Waals surface area contributed by atoms with Crippen LogP contribution in [0.1, 0.15) is 24.5 Å². The first-order valence-corrected chi connectivity index (χ1v) is 6.01. The molecule has 18 heavy (non-hydrogen) atoms. The van der Waals surface area contributed by atoms with E-state index in [9.17, 15) is 0 Å². The predicted octanol–water partition coefficient (Wildman–Crippen LogP) is 2.34. The Morgan fingerprint density at radius 2 is 1.94 bits per heavy atom. The first-order chi connectivity index (χ1) is 8.78. The molecular formula is C13H14N4O. The summed E-state index contributed by atoms with van der Waals surface area (Å²) in [5.41, 5.74) is 2.08. The number of nitrogens with zero attached hydrogens (tertiary/aromatic N) is 4. The molecular weight excluding hydrogens is 228 g/mol. The third-order valence-electron chi connectivity index (χ3n) is 2.95. The highest BCUT2D eigenvalue weighted by Gasteiger charge is 2.10. The Morgan fingerprint density at radius 3 is 2.72 bits per heavy atom. The van der Waals surface area contributed by atoms with Gasteiger partial charge in [-0.1, -0.05) is 19.1 Å². The summed E-state index contributed by atoms with van der Waals surface area (Å²) in [4.78, 5) is 4.51. The molecule has 0 radical (unpaired) electrons. The molecule has 0 aliphatic heterocycles. The van der Waals surface area contributed by atoms with E-state index in [2.05, 4.69) is 19.7 Å². The van der Waals surface area contributed by atoms with Gasteiger partial charge in [-0.25, -0.2) is 4.98 Å². The van der Waals surface area contributed by atoms with Gasteiger partial charge in [-0.05, 0) is 19.1 Å². The van der Waals surface area contributed by atoms with Crippen molar-refractivity contribution in [3.63, 3.8) is 0 Å². The Bertz CT molecular complexity index is 683. The lowest BCUT2D eigenvalue weighted by molar-refractivity contribution is 0.442. The van der Waals surface area contributed by atoms with Crippen LogP contribution >= 0.6 is 0 Å². The summed E-state index contributed by atoms with van der Waals surface area (Å²) in [5.74, 6) is 2.25. The number of benzene rings is 1. The van der Waals surface area contributed by atoms with Crippen LogP contribution in [0.2, 0.25) is 0 Å². The highest BCUT2D eigenvalue weighted by Crippen LogP contribution is 2.16. The lowest BCUT2D eigenvalue weighted by Crippen LogP contribution is -2.02. The van der Waals surface area contributed by atoms with Crippen LogP contribution in [0.3, 0.4) is 0 Å². The standard InChI is InChI=1S/C13H14N4O/c1-3-12-15-16-13(18-12)8-17-9(2)14-10-6-4-5-7-11(10)17/h4-7H,3,8H2,1-2H3. The number of aromatic nitrogens is 4. The van der Waals surface area contributed by atoms with Crippen LogP contribution in [-0.2, 0) is 13.0 Å². The van der Waals surface area contributed by atoms with Crippen LogP contribution in [0.4, 0.5) is 0 Å². The molecule has 5 heteroatoms. The number of imidazole rings is 1. The maximum Gasteiger partial charge on any atom is 0.236 e. The highest BCUT2D eigenvalue weighted by molar-refractivity contribution is 5.75. The maximum atomic E-state index is 5.54. The van der Waals surface area contributed by atoms with Crippen molar-refractivity contribution < 1.29 is 4.42 Å². The smallest absolute Gasteiger partial charge is 0.236 e. The summed E-state index contributed by atoms with van der Waals surface area (Å²) in [6.45, 7) is 4.55. The average Bonchev–Trinajstić information content (AvgIpc) is 2.96. The lowest BCUT2D eigenvalue weighted by atomic mass is 10.3. The van der Waals surface area contributed by atoms with Crippen LogP contribution in [-0.4, -0.2) is 19.7 Å². The molecule has 0 spiro atoms. The molecule has 0 bridgehead atoms. The van der Waals surface area contributed by atoms with Gasteiger partial charge in [-0.3, -0.25) is 0 Å². The number of hydrogen-bond acceptors (Lipinski definition) is 4.